The molecule has 0 aliphatic heterocycles. The second-order valence-corrected chi connectivity index (χ2v) is 8.04. The second-order valence-electron chi connectivity index (χ2n) is 8.04. The number of anilines is 2. The molecule has 0 aliphatic carbocycles. The minimum Gasteiger partial charge on any atom is -0.506 e. The normalized spacial score (nSPS) is 12.3. The first-order chi connectivity index (χ1) is 17.0. The Bertz CT molecular complexity index is 1370. The number of halogens is 6. The van der Waals surface area contributed by atoms with Crippen LogP contribution in [-0.2, 0) is 5.41 Å². The van der Waals surface area contributed by atoms with Crippen LogP contribution in [0.1, 0.15) is 37.4 Å². The third kappa shape index (κ3) is 4.71. The molecule has 37 heavy (non-hydrogen) atoms. The highest BCUT2D eigenvalue weighted by molar-refractivity contribution is 6.05. The molecule has 7 nitrogen and oxygen atoms in total. The number of nitrogens with two attached hydrogens (primary N) is 1. The molecule has 0 fully saturated rings. The number of nitrogen functional groups attached to an aromatic ring is 1. The number of alkyl halides is 6. The number of rotatable bonds is 5. The van der Waals surface area contributed by atoms with Gasteiger partial charge in [-0.15, -0.1) is 0 Å². The highest BCUT2D eigenvalue weighted by atomic mass is 19.4. The fraction of sp³-hybridized carbons (Fsp3) is 0.167. The molecule has 0 aromatic heterocycles. The molecule has 0 aliphatic rings. The van der Waals surface area contributed by atoms with Crippen molar-refractivity contribution in [3.63, 3.8) is 0 Å². The van der Waals surface area contributed by atoms with Crippen molar-refractivity contribution in [1.82, 2.24) is 0 Å². The first kappa shape index (κ1) is 27.2. The quantitative estimate of drug-likeness (QED) is 0.172. The Balaban J connectivity index is 2.18. The van der Waals surface area contributed by atoms with Crippen molar-refractivity contribution in [3.05, 3.63) is 82.4 Å². The average Bonchev–Trinajstić information content (AvgIpc) is 2.76. The van der Waals surface area contributed by atoms with Gasteiger partial charge in [-0.25, -0.2) is 4.79 Å². The minimum atomic E-state index is -5.99. The van der Waals surface area contributed by atoms with E-state index in [1.54, 1.807) is 0 Å². The van der Waals surface area contributed by atoms with Crippen LogP contribution in [0.2, 0.25) is 0 Å². The Morgan fingerprint density at radius 2 is 1.35 bits per heavy atom. The summed E-state index contributed by atoms with van der Waals surface area (Å²) in [5, 5.41) is 30.8. The topological polar surface area (TPSA) is 133 Å². The molecule has 3 aromatic carbocycles. The molecule has 0 heterocycles. The molecule has 3 aromatic rings. The number of amides is 1. The number of benzene rings is 3. The summed E-state index contributed by atoms with van der Waals surface area (Å²) in [6.45, 7) is 1.38. The van der Waals surface area contributed by atoms with Gasteiger partial charge in [0.15, 0.2) is 0 Å². The lowest BCUT2D eigenvalue weighted by molar-refractivity contribution is -0.288. The Labute approximate surface area is 204 Å². The monoisotopic (exact) mass is 528 g/mol. The summed E-state index contributed by atoms with van der Waals surface area (Å²) in [5.41, 5.74) is -3.67. The summed E-state index contributed by atoms with van der Waals surface area (Å²) in [6.07, 6.45) is -12.0. The number of hydrogen-bond donors (Lipinski definition) is 5. The second kappa shape index (κ2) is 9.22. The molecule has 0 bridgehead atoms. The average molecular weight is 528 g/mol. The zero-order valence-electron chi connectivity index (χ0n) is 18.7. The maximum absolute atomic E-state index is 14.4. The van der Waals surface area contributed by atoms with Gasteiger partial charge in [0.25, 0.3) is 5.91 Å². The van der Waals surface area contributed by atoms with Crippen LogP contribution in [0.4, 0.5) is 37.7 Å². The Kier molecular flexibility index (Phi) is 6.77. The van der Waals surface area contributed by atoms with E-state index in [2.05, 4.69) is 5.32 Å². The number of aromatic hydroxyl groups is 2. The van der Waals surface area contributed by atoms with Crippen molar-refractivity contribution >= 4 is 23.3 Å². The van der Waals surface area contributed by atoms with E-state index in [9.17, 15) is 46.1 Å². The van der Waals surface area contributed by atoms with Crippen LogP contribution in [0.25, 0.3) is 0 Å². The smallest absolute Gasteiger partial charge is 0.411 e. The first-order valence-electron chi connectivity index (χ1n) is 10.2. The van der Waals surface area contributed by atoms with E-state index in [1.807, 2.05) is 0 Å². The summed E-state index contributed by atoms with van der Waals surface area (Å²) >= 11 is 0. The first-order valence-corrected chi connectivity index (χ1v) is 10.2. The fourth-order valence-corrected chi connectivity index (χ4v) is 3.88. The van der Waals surface area contributed by atoms with E-state index >= 15 is 0 Å². The molecular formula is C24H18F6N2O5. The lowest BCUT2D eigenvalue weighted by atomic mass is 9.72. The maximum Gasteiger partial charge on any atom is 0.411 e. The predicted octanol–water partition coefficient (Wildman–Crippen LogP) is 5.35. The fourth-order valence-electron chi connectivity index (χ4n) is 3.88. The minimum absolute atomic E-state index is 0.130. The molecule has 0 unspecified atom stereocenters. The van der Waals surface area contributed by atoms with E-state index in [0.717, 1.165) is 18.2 Å². The highest BCUT2D eigenvalue weighted by Gasteiger charge is 2.72. The van der Waals surface area contributed by atoms with Crippen LogP contribution in [0, 0.1) is 6.92 Å². The van der Waals surface area contributed by atoms with Crippen molar-refractivity contribution in [3.8, 4) is 11.5 Å². The third-order valence-electron chi connectivity index (χ3n) is 5.71. The van der Waals surface area contributed by atoms with Gasteiger partial charge in [0.2, 0.25) is 5.41 Å². The number of nitrogens with one attached hydrogen (secondary N) is 1. The molecule has 0 saturated heterocycles. The molecule has 0 spiro atoms. The third-order valence-corrected chi connectivity index (χ3v) is 5.71. The van der Waals surface area contributed by atoms with E-state index in [1.165, 1.54) is 6.92 Å². The van der Waals surface area contributed by atoms with Gasteiger partial charge in [-0.1, -0.05) is 12.1 Å². The number of phenolic OH excluding ortho intramolecular Hbond substituents is 2. The SMILES string of the molecule is Cc1cc(C(=O)Nc2cc(C(c3ccc(O)c(N)c3)(C(F)(F)F)C(F)(F)F)ccc2O)ccc1C(=O)O. The van der Waals surface area contributed by atoms with Gasteiger partial charge in [0, 0.05) is 5.56 Å². The molecule has 0 atom stereocenters. The van der Waals surface area contributed by atoms with Crippen LogP contribution in [-0.4, -0.2) is 39.5 Å². The maximum atomic E-state index is 14.4. The van der Waals surface area contributed by atoms with Crippen LogP contribution in [0.5, 0.6) is 11.5 Å². The van der Waals surface area contributed by atoms with Crippen molar-refractivity contribution in [1.29, 1.82) is 0 Å². The number of aromatic carboxylic acids is 1. The van der Waals surface area contributed by atoms with E-state index < -0.39 is 63.6 Å². The van der Waals surface area contributed by atoms with Gasteiger partial charge < -0.3 is 26.4 Å². The van der Waals surface area contributed by atoms with Gasteiger partial charge >= 0.3 is 18.3 Å². The van der Waals surface area contributed by atoms with Crippen molar-refractivity contribution in [2.45, 2.75) is 24.7 Å². The Hall–Kier alpha value is -4.42. The van der Waals surface area contributed by atoms with Crippen molar-refractivity contribution in [2.75, 3.05) is 11.1 Å². The van der Waals surface area contributed by atoms with Crippen LogP contribution < -0.4 is 11.1 Å². The summed E-state index contributed by atoms with van der Waals surface area (Å²) in [7, 11) is 0. The molecule has 1 amide bonds. The zero-order valence-corrected chi connectivity index (χ0v) is 18.7. The highest BCUT2D eigenvalue weighted by Crippen LogP contribution is 2.57. The molecule has 196 valence electrons. The number of carboxylic acids is 1. The summed E-state index contributed by atoms with van der Waals surface area (Å²) in [6, 6.07) is 5.96. The molecule has 13 heteroatoms. The number of carbonyl (C=O) groups is 2. The number of carboxylic acid groups (broad SMARTS) is 1. The van der Waals surface area contributed by atoms with Gasteiger partial charge in [0.05, 0.1) is 16.9 Å². The summed E-state index contributed by atoms with van der Waals surface area (Å²) < 4.78 is 86.2. The van der Waals surface area contributed by atoms with Crippen LogP contribution in [0.15, 0.2) is 54.6 Å². The van der Waals surface area contributed by atoms with Gasteiger partial charge in [-0.3, -0.25) is 4.79 Å². The molecular weight excluding hydrogens is 510 g/mol. The van der Waals surface area contributed by atoms with Gasteiger partial charge in [-0.05, 0) is 66.1 Å². The van der Waals surface area contributed by atoms with Gasteiger partial charge in [0.1, 0.15) is 11.5 Å². The predicted molar refractivity (Wildman–Crippen MR) is 120 cm³/mol. The number of carbonyl (C=O) groups excluding carboxylic acids is 1. The molecule has 6 N–H and O–H groups in total. The molecule has 0 saturated carbocycles. The summed E-state index contributed by atoms with van der Waals surface area (Å²) in [4.78, 5) is 23.8. The standard InChI is InChI=1S/C24H18F6N2O5/c1-11-8-12(2-5-15(11)21(36)37)20(35)32-17-10-14(4-7-19(17)34)22(23(25,26)27,24(28,29)30)13-3-6-18(33)16(31)9-13/h2-10,33-34H,31H2,1H3,(H,32,35)(H,36,37). The molecule has 3 rings (SSSR count). The zero-order chi connectivity index (χ0) is 27.9. The summed E-state index contributed by atoms with van der Waals surface area (Å²) in [5.74, 6) is -3.88. The van der Waals surface area contributed by atoms with Gasteiger partial charge in [-0.2, -0.15) is 26.3 Å². The van der Waals surface area contributed by atoms with E-state index in [-0.39, 0.29) is 16.7 Å². The van der Waals surface area contributed by atoms with E-state index in [0.29, 0.717) is 36.4 Å². The lowest BCUT2D eigenvalue weighted by Crippen LogP contribution is -2.54. The molecule has 0 radical (unpaired) electrons. The lowest BCUT2D eigenvalue weighted by Gasteiger charge is -2.38. The van der Waals surface area contributed by atoms with Crippen LogP contribution in [0.3, 0.4) is 0 Å². The largest absolute Gasteiger partial charge is 0.506 e. The number of phenols is 2. The number of aryl methyl sites for hydroxylation is 1. The van der Waals surface area contributed by atoms with E-state index in [4.69, 9.17) is 10.8 Å². The van der Waals surface area contributed by atoms with Crippen molar-refractivity contribution < 1.29 is 51.3 Å². The number of hydrogen-bond acceptors (Lipinski definition) is 5. The van der Waals surface area contributed by atoms with Crippen molar-refractivity contribution in [2.24, 2.45) is 0 Å². The van der Waals surface area contributed by atoms with Crippen LogP contribution >= 0.6 is 0 Å². The Morgan fingerprint density at radius 3 is 1.84 bits per heavy atom. The Morgan fingerprint density at radius 1 is 0.811 bits per heavy atom.